The number of amides is 1. The fraction of sp³-hybridized carbons (Fsp3) is 0.462. The summed E-state index contributed by atoms with van der Waals surface area (Å²) < 4.78 is 11.2. The van der Waals surface area contributed by atoms with E-state index >= 15 is 0 Å². The third kappa shape index (κ3) is 5.61. The number of carboxylic acid groups (broad SMARTS) is 1. The molecule has 0 spiro atoms. The summed E-state index contributed by atoms with van der Waals surface area (Å²) in [6, 6.07) is 10.7. The molecule has 0 saturated heterocycles. The van der Waals surface area contributed by atoms with Crippen LogP contribution in [0.15, 0.2) is 36.4 Å². The molecule has 0 radical (unpaired) electrons. The first kappa shape index (κ1) is 23.6. The summed E-state index contributed by atoms with van der Waals surface area (Å²) in [5, 5.41) is 12.4. The predicted octanol–water partition coefficient (Wildman–Crippen LogP) is 6.10. The third-order valence-corrected chi connectivity index (χ3v) is 5.80. The Balaban J connectivity index is 1.85. The van der Waals surface area contributed by atoms with Crippen LogP contribution in [0.1, 0.15) is 87.2 Å². The van der Waals surface area contributed by atoms with Gasteiger partial charge in [-0.15, -0.1) is 0 Å². The zero-order valence-electron chi connectivity index (χ0n) is 19.4. The molecule has 6 heteroatoms. The van der Waals surface area contributed by atoms with Gasteiger partial charge in [0.25, 0.3) is 0 Å². The number of fused-ring (bicyclic) bond motifs is 1. The van der Waals surface area contributed by atoms with Crippen LogP contribution >= 0.6 is 0 Å². The Labute approximate surface area is 189 Å². The number of unbranched alkanes of at least 4 members (excludes halogenated alkanes) is 2. The molecule has 0 aliphatic carbocycles. The minimum absolute atomic E-state index is 0.0149. The van der Waals surface area contributed by atoms with Gasteiger partial charge in [0.1, 0.15) is 0 Å². The molecule has 1 heterocycles. The number of hydrogen-bond acceptors (Lipinski definition) is 4. The highest BCUT2D eigenvalue weighted by Gasteiger charge is 2.26. The monoisotopic (exact) mass is 439 g/mol. The van der Waals surface area contributed by atoms with Gasteiger partial charge in [0.2, 0.25) is 12.7 Å². The van der Waals surface area contributed by atoms with Gasteiger partial charge in [-0.3, -0.25) is 4.79 Å². The van der Waals surface area contributed by atoms with Crippen molar-refractivity contribution in [3.8, 4) is 11.5 Å². The van der Waals surface area contributed by atoms with Gasteiger partial charge in [-0.1, -0.05) is 65.2 Å². The highest BCUT2D eigenvalue weighted by Crippen LogP contribution is 2.42. The number of rotatable bonds is 9. The first-order valence-electron chi connectivity index (χ1n) is 11.3. The van der Waals surface area contributed by atoms with Crippen molar-refractivity contribution < 1.29 is 24.2 Å². The number of carbonyl (C=O) groups excluding carboxylic acids is 1. The van der Waals surface area contributed by atoms with Crippen molar-refractivity contribution in [3.63, 3.8) is 0 Å². The lowest BCUT2D eigenvalue weighted by Gasteiger charge is -2.24. The van der Waals surface area contributed by atoms with Gasteiger partial charge in [0.05, 0.1) is 5.56 Å². The van der Waals surface area contributed by atoms with Gasteiger partial charge in [0, 0.05) is 17.7 Å². The molecule has 6 nitrogen and oxygen atoms in total. The Morgan fingerprint density at radius 1 is 1.12 bits per heavy atom. The number of para-hydroxylation sites is 1. The molecule has 1 aliphatic rings. The summed E-state index contributed by atoms with van der Waals surface area (Å²) in [4.78, 5) is 24.6. The summed E-state index contributed by atoms with van der Waals surface area (Å²) in [7, 11) is 0. The zero-order chi connectivity index (χ0) is 23.3. The molecule has 172 valence electrons. The van der Waals surface area contributed by atoms with Crippen LogP contribution in [0.4, 0.5) is 5.69 Å². The smallest absolute Gasteiger partial charge is 0.335 e. The number of benzene rings is 2. The molecule has 0 aromatic heterocycles. The van der Waals surface area contributed by atoms with Crippen LogP contribution in [-0.4, -0.2) is 23.8 Å². The molecular weight excluding hydrogens is 406 g/mol. The van der Waals surface area contributed by atoms with E-state index in [-0.39, 0.29) is 36.0 Å². The molecule has 0 fully saturated rings. The maximum absolute atomic E-state index is 13.2. The maximum Gasteiger partial charge on any atom is 0.335 e. The maximum atomic E-state index is 13.2. The molecule has 3 rings (SSSR count). The van der Waals surface area contributed by atoms with Crippen LogP contribution < -0.4 is 14.8 Å². The van der Waals surface area contributed by atoms with Gasteiger partial charge in [0.15, 0.2) is 11.5 Å². The number of carboxylic acids is 1. The van der Waals surface area contributed by atoms with Gasteiger partial charge < -0.3 is 19.9 Å². The van der Waals surface area contributed by atoms with E-state index in [1.807, 2.05) is 39.0 Å². The zero-order valence-corrected chi connectivity index (χ0v) is 19.4. The molecule has 32 heavy (non-hydrogen) atoms. The van der Waals surface area contributed by atoms with E-state index in [9.17, 15) is 14.7 Å². The van der Waals surface area contributed by atoms with Crippen LogP contribution in [0.3, 0.4) is 0 Å². The number of nitrogens with one attached hydrogen (secondary N) is 1. The second kappa shape index (κ2) is 10.1. The molecule has 2 aromatic rings. The van der Waals surface area contributed by atoms with Gasteiger partial charge in [-0.25, -0.2) is 4.79 Å². The SMILES string of the molecule is CCCCCC(CC(=O)Nc1cc(C(=O)O)ccc1C(C)(C)C)c1cccc2c1OCO2. The first-order valence-corrected chi connectivity index (χ1v) is 11.3. The average molecular weight is 440 g/mol. The Hall–Kier alpha value is -3.02. The van der Waals surface area contributed by atoms with Crippen molar-refractivity contribution in [1.29, 1.82) is 0 Å². The second-order valence-corrected chi connectivity index (χ2v) is 9.34. The van der Waals surface area contributed by atoms with E-state index in [1.165, 1.54) is 0 Å². The first-order chi connectivity index (χ1) is 15.2. The third-order valence-electron chi connectivity index (χ3n) is 5.80. The summed E-state index contributed by atoms with van der Waals surface area (Å²) in [5.74, 6) is 0.267. The Morgan fingerprint density at radius 2 is 1.91 bits per heavy atom. The lowest BCUT2D eigenvalue weighted by Crippen LogP contribution is -2.21. The Kier molecular flexibility index (Phi) is 7.44. The van der Waals surface area contributed by atoms with E-state index in [0.717, 1.165) is 42.6 Å². The minimum atomic E-state index is -1.02. The van der Waals surface area contributed by atoms with Gasteiger partial charge in [-0.2, -0.15) is 0 Å². The number of hydrogen-bond donors (Lipinski definition) is 2. The van der Waals surface area contributed by atoms with E-state index in [2.05, 4.69) is 12.2 Å². The average Bonchev–Trinajstić information content (AvgIpc) is 3.21. The molecule has 1 unspecified atom stereocenters. The van der Waals surface area contributed by atoms with E-state index in [4.69, 9.17) is 9.47 Å². The highest BCUT2D eigenvalue weighted by molar-refractivity contribution is 5.95. The molecular formula is C26H33NO5. The molecule has 0 bridgehead atoms. The van der Waals surface area contributed by atoms with Crippen LogP contribution in [0.2, 0.25) is 0 Å². The van der Waals surface area contributed by atoms with E-state index in [0.29, 0.717) is 11.4 Å². The van der Waals surface area contributed by atoms with Crippen molar-refractivity contribution in [1.82, 2.24) is 0 Å². The fourth-order valence-electron chi connectivity index (χ4n) is 4.14. The quantitative estimate of drug-likeness (QED) is 0.461. The van der Waals surface area contributed by atoms with Crippen LogP contribution in [0.5, 0.6) is 11.5 Å². The second-order valence-electron chi connectivity index (χ2n) is 9.34. The van der Waals surface area contributed by atoms with Crippen molar-refractivity contribution in [2.75, 3.05) is 12.1 Å². The summed E-state index contributed by atoms with van der Waals surface area (Å²) in [6.07, 6.45) is 4.36. The molecule has 2 N–H and O–H groups in total. The summed E-state index contributed by atoms with van der Waals surface area (Å²) in [6.45, 7) is 8.46. The van der Waals surface area contributed by atoms with Crippen molar-refractivity contribution in [2.24, 2.45) is 0 Å². The largest absolute Gasteiger partial charge is 0.478 e. The number of ether oxygens (including phenoxy) is 2. The number of carbonyl (C=O) groups is 2. The van der Waals surface area contributed by atoms with Gasteiger partial charge in [-0.05, 0) is 41.5 Å². The molecule has 1 aliphatic heterocycles. The van der Waals surface area contributed by atoms with Crippen molar-refractivity contribution >= 4 is 17.6 Å². The van der Waals surface area contributed by atoms with Crippen molar-refractivity contribution in [3.05, 3.63) is 53.1 Å². The standard InChI is InChI=1S/C26H33NO5/c1-5-6-7-9-17(19-10-8-11-22-24(19)32-16-31-22)15-23(28)27-21-14-18(25(29)30)12-13-20(21)26(2,3)4/h8,10-14,17H,5-7,9,15-16H2,1-4H3,(H,27,28)(H,29,30). The minimum Gasteiger partial charge on any atom is -0.478 e. The predicted molar refractivity (Wildman–Crippen MR) is 125 cm³/mol. The summed E-state index contributed by atoms with van der Waals surface area (Å²) in [5.41, 5.74) is 2.34. The lowest BCUT2D eigenvalue weighted by atomic mass is 9.85. The summed E-state index contributed by atoms with van der Waals surface area (Å²) >= 11 is 0. The topological polar surface area (TPSA) is 84.9 Å². The van der Waals surface area contributed by atoms with Crippen LogP contribution in [0, 0.1) is 0 Å². The molecule has 2 aromatic carbocycles. The highest BCUT2D eigenvalue weighted by atomic mass is 16.7. The van der Waals surface area contributed by atoms with Gasteiger partial charge >= 0.3 is 5.97 Å². The fourth-order valence-corrected chi connectivity index (χ4v) is 4.14. The van der Waals surface area contributed by atoms with E-state index < -0.39 is 5.97 Å². The number of aromatic carboxylic acids is 1. The lowest BCUT2D eigenvalue weighted by molar-refractivity contribution is -0.116. The van der Waals surface area contributed by atoms with Crippen LogP contribution in [0.25, 0.3) is 0 Å². The molecule has 1 amide bonds. The molecule has 1 atom stereocenters. The number of anilines is 1. The Morgan fingerprint density at radius 3 is 2.59 bits per heavy atom. The Bertz CT molecular complexity index is 977. The normalized spacial score (nSPS) is 13.6. The van der Waals surface area contributed by atoms with Crippen molar-refractivity contribution in [2.45, 2.75) is 71.1 Å². The van der Waals surface area contributed by atoms with E-state index in [1.54, 1.807) is 18.2 Å². The molecule has 0 saturated carbocycles. The van der Waals surface area contributed by atoms with Crippen LogP contribution in [-0.2, 0) is 10.2 Å².